The van der Waals surface area contributed by atoms with E-state index in [1.54, 1.807) is 0 Å². The Morgan fingerprint density at radius 3 is 1.36 bits per heavy atom. The Labute approximate surface area is 420 Å². The van der Waals surface area contributed by atoms with Crippen LogP contribution < -0.4 is 4.90 Å². The topological polar surface area (TPSA) is 3.24 Å². The number of rotatable bonds is 9. The molecule has 0 saturated heterocycles. The van der Waals surface area contributed by atoms with E-state index in [-0.39, 0.29) is 5.92 Å². The number of hydrogen-bond donors (Lipinski definition) is 0. The van der Waals surface area contributed by atoms with Crippen molar-refractivity contribution >= 4 is 81.7 Å². The molecule has 1 heteroatoms. The number of hydrogen-bond acceptors (Lipinski definition) is 1. The number of nitrogens with zero attached hydrogens (tertiary/aromatic N) is 1. The van der Waals surface area contributed by atoms with Gasteiger partial charge in [0.15, 0.2) is 0 Å². The molecule has 1 aliphatic rings. The molecule has 72 heavy (non-hydrogen) atoms. The zero-order valence-electron chi connectivity index (χ0n) is 40.5. The van der Waals surface area contributed by atoms with Crippen molar-refractivity contribution in [2.45, 2.75) is 32.6 Å². The molecule has 0 heterocycles. The molecule has 1 unspecified atom stereocenters. The Balaban J connectivity index is 0.952. The Kier molecular flexibility index (Phi) is 9.93. The predicted octanol–water partition coefficient (Wildman–Crippen LogP) is 19.7. The van der Waals surface area contributed by atoms with Crippen LogP contribution in [0.4, 0.5) is 17.1 Å². The summed E-state index contributed by atoms with van der Waals surface area (Å²) in [4.78, 5) is 2.51. The highest BCUT2D eigenvalue weighted by Gasteiger charge is 2.29. The molecule has 0 spiro atoms. The van der Waals surface area contributed by atoms with Crippen molar-refractivity contribution in [1.82, 2.24) is 0 Å². The number of anilines is 3. The van der Waals surface area contributed by atoms with Crippen LogP contribution >= 0.6 is 0 Å². The smallest absolute Gasteiger partial charge is 0.0618 e. The highest BCUT2D eigenvalue weighted by atomic mass is 15.1. The van der Waals surface area contributed by atoms with Crippen molar-refractivity contribution in [2.24, 2.45) is 0 Å². The average Bonchev–Trinajstić information content (AvgIpc) is 3.78. The van der Waals surface area contributed by atoms with E-state index in [0.717, 1.165) is 24.2 Å². The monoisotopic (exact) mass is 917 g/mol. The lowest BCUT2D eigenvalue weighted by Crippen LogP contribution is -2.11. The van der Waals surface area contributed by atoms with E-state index in [2.05, 4.69) is 261 Å². The minimum atomic E-state index is 0.0326. The Morgan fingerprint density at radius 2 is 0.792 bits per heavy atom. The summed E-state index contributed by atoms with van der Waals surface area (Å²) in [6.07, 6.45) is 2.01. The minimum Gasteiger partial charge on any atom is -0.309 e. The largest absolute Gasteiger partial charge is 0.309 e. The van der Waals surface area contributed by atoms with E-state index in [9.17, 15) is 0 Å². The van der Waals surface area contributed by atoms with Gasteiger partial charge in [-0.1, -0.05) is 220 Å². The van der Waals surface area contributed by atoms with Crippen molar-refractivity contribution in [3.63, 3.8) is 0 Å². The van der Waals surface area contributed by atoms with Crippen LogP contribution in [0.25, 0.3) is 98.0 Å². The van der Waals surface area contributed by atoms with E-state index >= 15 is 0 Å². The minimum absolute atomic E-state index is 0.0326. The molecule has 13 aromatic rings. The molecule has 0 bridgehead atoms. The van der Waals surface area contributed by atoms with Crippen LogP contribution in [0, 0.1) is 0 Å². The molecule has 0 aromatic heterocycles. The summed E-state index contributed by atoms with van der Waals surface area (Å²) < 4.78 is 0. The fourth-order valence-corrected chi connectivity index (χ4v) is 12.3. The Morgan fingerprint density at radius 1 is 0.333 bits per heavy atom. The Hall–Kier alpha value is -8.78. The second-order valence-corrected chi connectivity index (χ2v) is 19.7. The third-order valence-electron chi connectivity index (χ3n) is 15.8. The quantitative estimate of drug-likeness (QED) is 0.103. The van der Waals surface area contributed by atoms with Gasteiger partial charge in [0, 0.05) is 28.1 Å². The van der Waals surface area contributed by atoms with E-state index in [4.69, 9.17) is 0 Å². The van der Waals surface area contributed by atoms with Gasteiger partial charge in [0.1, 0.15) is 0 Å². The zero-order chi connectivity index (χ0) is 47.9. The maximum atomic E-state index is 2.51. The second kappa shape index (κ2) is 17.0. The zero-order valence-corrected chi connectivity index (χ0v) is 40.5. The van der Waals surface area contributed by atoms with Gasteiger partial charge in [0.25, 0.3) is 0 Å². The molecule has 0 aliphatic heterocycles. The Bertz CT molecular complexity index is 4150. The maximum absolute atomic E-state index is 2.51. The van der Waals surface area contributed by atoms with Crippen molar-refractivity contribution < 1.29 is 0 Å². The van der Waals surface area contributed by atoms with Gasteiger partial charge in [0.05, 0.1) is 5.69 Å². The lowest BCUT2D eigenvalue weighted by molar-refractivity contribution is 0.994. The van der Waals surface area contributed by atoms with Crippen LogP contribution in [-0.4, -0.2) is 0 Å². The third kappa shape index (κ3) is 6.61. The molecule has 0 fully saturated rings. The standard InChI is InChI=1S/C71H51N/c1-3-45-28-32-47(33-29-45)66(68-56-20-9-5-16-50(56)42-51-17-6-10-21-57(51)68)48-34-36-49(37-35-48)67-60-24-13-14-25-61(60)69-63-41-40-55(44-65(63)62-26-15-27-64(67)70(62)69)72(54-38-30-46(4-2)31-39-54)71-58-22-11-7-18-52(58)43-53-19-8-12-23-59(53)71/h5-44,66H,3-4H2,1-2H3. The normalized spacial score (nSPS) is 12.4. The van der Waals surface area contributed by atoms with Crippen LogP contribution in [0.1, 0.15) is 47.6 Å². The van der Waals surface area contributed by atoms with Gasteiger partial charge >= 0.3 is 0 Å². The molecule has 13 aromatic carbocycles. The van der Waals surface area contributed by atoms with Crippen molar-refractivity contribution in [3.8, 4) is 33.4 Å². The van der Waals surface area contributed by atoms with Crippen LogP contribution in [0.15, 0.2) is 243 Å². The van der Waals surface area contributed by atoms with Gasteiger partial charge in [-0.25, -0.2) is 0 Å². The summed E-state index contributed by atoms with van der Waals surface area (Å²) in [6, 6.07) is 91.6. The van der Waals surface area contributed by atoms with E-state index in [1.165, 1.54) is 132 Å². The molecule has 14 rings (SSSR count). The van der Waals surface area contributed by atoms with Crippen molar-refractivity contribution in [2.75, 3.05) is 4.90 Å². The van der Waals surface area contributed by atoms with E-state index < -0.39 is 0 Å². The molecule has 0 saturated carbocycles. The van der Waals surface area contributed by atoms with Crippen molar-refractivity contribution in [1.29, 1.82) is 0 Å². The predicted molar refractivity (Wildman–Crippen MR) is 309 cm³/mol. The lowest BCUT2D eigenvalue weighted by atomic mass is 9.79. The first-order valence-electron chi connectivity index (χ1n) is 25.6. The van der Waals surface area contributed by atoms with Crippen LogP contribution in [0.3, 0.4) is 0 Å². The molecule has 0 radical (unpaired) electrons. The molecule has 1 atom stereocenters. The van der Waals surface area contributed by atoms with E-state index in [1.807, 2.05) is 0 Å². The van der Waals surface area contributed by atoms with Gasteiger partial charge in [-0.05, 0) is 164 Å². The molecular weight excluding hydrogens is 867 g/mol. The third-order valence-corrected chi connectivity index (χ3v) is 15.8. The fraction of sp³-hybridized carbons (Fsp3) is 0.0704. The first kappa shape index (κ1) is 42.1. The molecule has 1 nitrogen and oxygen atoms in total. The van der Waals surface area contributed by atoms with Gasteiger partial charge in [-0.15, -0.1) is 0 Å². The summed E-state index contributed by atoms with van der Waals surface area (Å²) in [5.74, 6) is 0.0326. The second-order valence-electron chi connectivity index (χ2n) is 19.7. The SMILES string of the molecule is CCc1ccc(C(c2ccc(-c3c4ccccc4c4c5c(cccc35)-c3cc(N(c5ccc(CC)cc5)c5c6ccccc6cc6ccccc56)ccc3-4)cc2)c2c3ccccc3cc3ccccc23)cc1. The summed E-state index contributed by atoms with van der Waals surface area (Å²) in [7, 11) is 0. The highest BCUT2D eigenvalue weighted by molar-refractivity contribution is 6.29. The average molecular weight is 918 g/mol. The van der Waals surface area contributed by atoms with E-state index in [0.29, 0.717) is 0 Å². The first-order chi connectivity index (χ1) is 35.6. The van der Waals surface area contributed by atoms with Crippen LogP contribution in [0.5, 0.6) is 0 Å². The van der Waals surface area contributed by atoms with Gasteiger partial charge in [0.2, 0.25) is 0 Å². The van der Waals surface area contributed by atoms with Crippen molar-refractivity contribution in [3.05, 3.63) is 270 Å². The molecule has 0 amide bonds. The molecule has 340 valence electrons. The summed E-state index contributed by atoms with van der Waals surface area (Å²) >= 11 is 0. The number of aryl methyl sites for hydroxylation is 2. The number of benzene rings is 13. The maximum Gasteiger partial charge on any atom is 0.0618 e. The summed E-state index contributed by atoms with van der Waals surface area (Å²) in [6.45, 7) is 4.46. The molecule has 0 N–H and O–H groups in total. The fourth-order valence-electron chi connectivity index (χ4n) is 12.3. The first-order valence-corrected chi connectivity index (χ1v) is 25.6. The highest BCUT2D eigenvalue weighted by Crippen LogP contribution is 2.56. The summed E-state index contributed by atoms with van der Waals surface area (Å²) in [5.41, 5.74) is 17.8. The lowest BCUT2D eigenvalue weighted by Gasteiger charge is -2.29. The number of fused-ring (bicyclic) bond motifs is 9. The summed E-state index contributed by atoms with van der Waals surface area (Å²) in [5, 5.41) is 15.2. The molecular formula is C71H51N. The van der Waals surface area contributed by atoms with Gasteiger partial charge in [-0.2, -0.15) is 0 Å². The van der Waals surface area contributed by atoms with Crippen LogP contribution in [0.2, 0.25) is 0 Å². The molecule has 1 aliphatic carbocycles. The van der Waals surface area contributed by atoms with Gasteiger partial charge < -0.3 is 4.90 Å². The van der Waals surface area contributed by atoms with Crippen LogP contribution in [-0.2, 0) is 12.8 Å². The van der Waals surface area contributed by atoms with Gasteiger partial charge in [-0.3, -0.25) is 0 Å².